The summed E-state index contributed by atoms with van der Waals surface area (Å²) in [6.45, 7) is 5.48. The molecule has 2 N–H and O–H groups in total. The van der Waals surface area contributed by atoms with Crippen LogP contribution in [0, 0.1) is 6.92 Å². The Labute approximate surface area is 84.7 Å². The second-order valence-electron chi connectivity index (χ2n) is 2.86. The minimum atomic E-state index is -0.452. The van der Waals surface area contributed by atoms with Crippen LogP contribution in [0.4, 0.5) is 0 Å². The third-order valence-electron chi connectivity index (χ3n) is 2.00. The van der Waals surface area contributed by atoms with Crippen molar-refractivity contribution in [3.8, 4) is 0 Å². The molecule has 14 heavy (non-hydrogen) atoms. The lowest BCUT2D eigenvalue weighted by Crippen LogP contribution is -2.15. The molecule has 0 aromatic carbocycles. The van der Waals surface area contributed by atoms with Crippen LogP contribution in [0.25, 0.3) is 10.9 Å². The lowest BCUT2D eigenvalue weighted by molar-refractivity contribution is 0.0994. The Balaban J connectivity index is 2.90. The first kappa shape index (κ1) is 8.96. The van der Waals surface area contributed by atoms with Gasteiger partial charge in [0.25, 0.3) is 5.91 Å². The predicted octanol–water partition coefficient (Wildman–Crippen LogP) is 1.45. The molecule has 4 nitrogen and oxygen atoms in total. The van der Waals surface area contributed by atoms with Crippen LogP contribution in [0.5, 0.6) is 0 Å². The predicted molar refractivity (Wildman–Crippen MR) is 56.4 cm³/mol. The highest BCUT2D eigenvalue weighted by Gasteiger charge is 2.16. The SMILES string of the molecule is C=Cc1sc2cnc(C)n2c1C(N)=O. The van der Waals surface area contributed by atoms with Crippen molar-refractivity contribution < 1.29 is 4.79 Å². The zero-order valence-corrected chi connectivity index (χ0v) is 8.47. The molecule has 0 saturated carbocycles. The van der Waals surface area contributed by atoms with Gasteiger partial charge in [-0.2, -0.15) is 0 Å². The number of aryl methyl sites for hydroxylation is 1. The van der Waals surface area contributed by atoms with E-state index in [0.29, 0.717) is 5.69 Å². The third kappa shape index (κ3) is 1.06. The number of nitrogens with zero attached hydrogens (tertiary/aromatic N) is 2. The summed E-state index contributed by atoms with van der Waals surface area (Å²) in [7, 11) is 0. The summed E-state index contributed by atoms with van der Waals surface area (Å²) < 4.78 is 1.75. The first-order valence-corrected chi connectivity index (χ1v) is 4.86. The fourth-order valence-corrected chi connectivity index (χ4v) is 2.43. The van der Waals surface area contributed by atoms with Gasteiger partial charge in [-0.3, -0.25) is 9.20 Å². The molecule has 0 aliphatic rings. The van der Waals surface area contributed by atoms with Crippen LogP contribution in [0.2, 0.25) is 0 Å². The molecule has 2 rings (SSSR count). The molecule has 72 valence electrons. The Morgan fingerprint density at radius 2 is 2.50 bits per heavy atom. The maximum atomic E-state index is 11.2. The number of carbonyl (C=O) groups is 1. The van der Waals surface area contributed by atoms with Crippen LogP contribution in [0.1, 0.15) is 21.2 Å². The number of carbonyl (C=O) groups excluding carboxylic acids is 1. The van der Waals surface area contributed by atoms with Gasteiger partial charge >= 0.3 is 0 Å². The molecular formula is C9H9N3OS. The number of imidazole rings is 1. The minimum absolute atomic E-state index is 0.452. The molecule has 0 aliphatic carbocycles. The summed E-state index contributed by atoms with van der Waals surface area (Å²) in [4.78, 5) is 17.0. The number of aromatic nitrogens is 2. The summed E-state index contributed by atoms with van der Waals surface area (Å²) >= 11 is 1.45. The molecule has 0 fully saturated rings. The maximum Gasteiger partial charge on any atom is 0.267 e. The van der Waals surface area contributed by atoms with E-state index in [0.717, 1.165) is 15.5 Å². The molecule has 0 radical (unpaired) electrons. The van der Waals surface area contributed by atoms with Crippen LogP contribution < -0.4 is 5.73 Å². The van der Waals surface area contributed by atoms with Crippen molar-refractivity contribution >= 4 is 28.2 Å². The molecule has 0 unspecified atom stereocenters. The van der Waals surface area contributed by atoms with Crippen LogP contribution in [-0.2, 0) is 0 Å². The molecule has 0 atom stereocenters. The van der Waals surface area contributed by atoms with E-state index < -0.39 is 5.91 Å². The molecule has 2 aromatic rings. The van der Waals surface area contributed by atoms with Crippen molar-refractivity contribution in [3.63, 3.8) is 0 Å². The fourth-order valence-electron chi connectivity index (χ4n) is 1.41. The second-order valence-corrected chi connectivity index (χ2v) is 3.92. The van der Waals surface area contributed by atoms with Crippen molar-refractivity contribution in [2.24, 2.45) is 5.73 Å². The lowest BCUT2D eigenvalue weighted by Gasteiger charge is -1.96. The van der Waals surface area contributed by atoms with Gasteiger partial charge in [0.2, 0.25) is 0 Å². The van der Waals surface area contributed by atoms with Crippen molar-refractivity contribution in [1.29, 1.82) is 0 Å². The van der Waals surface area contributed by atoms with Crippen molar-refractivity contribution in [2.75, 3.05) is 0 Å². The standard InChI is InChI=1S/C9H9N3OS/c1-3-6-8(9(10)13)12-5(2)11-4-7(12)14-6/h3-4H,1H2,2H3,(H2,10,13). The summed E-state index contributed by atoms with van der Waals surface area (Å²) in [6.07, 6.45) is 3.36. The van der Waals surface area contributed by atoms with Crippen LogP contribution in [0.15, 0.2) is 12.8 Å². The summed E-state index contributed by atoms with van der Waals surface area (Å²) in [5, 5.41) is 0. The Morgan fingerprint density at radius 1 is 1.79 bits per heavy atom. The number of hydrogen-bond donors (Lipinski definition) is 1. The highest BCUT2D eigenvalue weighted by molar-refractivity contribution is 7.18. The summed E-state index contributed by atoms with van der Waals surface area (Å²) in [5.41, 5.74) is 5.77. The monoisotopic (exact) mass is 207 g/mol. The Kier molecular flexibility index (Phi) is 1.89. The Hall–Kier alpha value is -1.62. The van der Waals surface area contributed by atoms with Gasteiger partial charge in [-0.25, -0.2) is 4.98 Å². The van der Waals surface area contributed by atoms with E-state index in [1.807, 2.05) is 6.92 Å². The Morgan fingerprint density at radius 3 is 3.07 bits per heavy atom. The maximum absolute atomic E-state index is 11.2. The molecule has 2 heterocycles. The molecule has 0 spiro atoms. The van der Waals surface area contributed by atoms with E-state index in [-0.39, 0.29) is 0 Å². The quantitative estimate of drug-likeness (QED) is 0.810. The highest BCUT2D eigenvalue weighted by atomic mass is 32.1. The third-order valence-corrected chi connectivity index (χ3v) is 3.07. The molecule has 2 aromatic heterocycles. The highest BCUT2D eigenvalue weighted by Crippen LogP contribution is 2.25. The van der Waals surface area contributed by atoms with Crippen molar-refractivity contribution in [3.05, 3.63) is 29.2 Å². The Bertz CT molecular complexity index is 523. The first-order valence-electron chi connectivity index (χ1n) is 4.04. The molecule has 0 aliphatic heterocycles. The van der Waals surface area contributed by atoms with Crippen LogP contribution in [0.3, 0.4) is 0 Å². The summed E-state index contributed by atoms with van der Waals surface area (Å²) in [5.74, 6) is 0.311. The van der Waals surface area contributed by atoms with Crippen molar-refractivity contribution in [2.45, 2.75) is 6.92 Å². The zero-order valence-electron chi connectivity index (χ0n) is 7.65. The van der Waals surface area contributed by atoms with Crippen LogP contribution >= 0.6 is 11.3 Å². The average molecular weight is 207 g/mol. The molecular weight excluding hydrogens is 198 g/mol. The fraction of sp³-hybridized carbons (Fsp3) is 0.111. The van der Waals surface area contributed by atoms with Gasteiger partial charge in [-0.05, 0) is 13.0 Å². The second kappa shape index (κ2) is 2.95. The van der Waals surface area contributed by atoms with E-state index in [9.17, 15) is 4.79 Å². The van der Waals surface area contributed by atoms with E-state index in [1.54, 1.807) is 16.7 Å². The number of hydrogen-bond acceptors (Lipinski definition) is 3. The van der Waals surface area contributed by atoms with E-state index in [1.165, 1.54) is 11.3 Å². The lowest BCUT2D eigenvalue weighted by atomic mass is 10.3. The smallest absolute Gasteiger partial charge is 0.267 e. The normalized spacial score (nSPS) is 10.6. The largest absolute Gasteiger partial charge is 0.364 e. The van der Waals surface area contributed by atoms with Gasteiger partial charge in [-0.15, -0.1) is 11.3 Å². The number of primary amides is 1. The first-order chi connectivity index (χ1) is 6.65. The average Bonchev–Trinajstić information content (AvgIpc) is 2.65. The van der Waals surface area contributed by atoms with E-state index in [4.69, 9.17) is 5.73 Å². The minimum Gasteiger partial charge on any atom is -0.364 e. The van der Waals surface area contributed by atoms with Crippen molar-refractivity contribution in [1.82, 2.24) is 9.38 Å². The number of fused-ring (bicyclic) bond motifs is 1. The van der Waals surface area contributed by atoms with Gasteiger partial charge < -0.3 is 5.73 Å². The van der Waals surface area contributed by atoms with Gasteiger partial charge in [0.15, 0.2) is 0 Å². The van der Waals surface area contributed by atoms with Gasteiger partial charge in [0, 0.05) is 0 Å². The van der Waals surface area contributed by atoms with Crippen LogP contribution in [-0.4, -0.2) is 15.3 Å². The molecule has 0 saturated heterocycles. The van der Waals surface area contributed by atoms with Gasteiger partial charge in [-0.1, -0.05) is 6.58 Å². The number of nitrogens with two attached hydrogens (primary N) is 1. The zero-order chi connectivity index (χ0) is 10.3. The molecule has 1 amide bonds. The van der Waals surface area contributed by atoms with E-state index >= 15 is 0 Å². The molecule has 5 heteroatoms. The molecule has 0 bridgehead atoms. The van der Waals surface area contributed by atoms with E-state index in [2.05, 4.69) is 11.6 Å². The topological polar surface area (TPSA) is 60.4 Å². The number of thiazole rings is 1. The number of amides is 1. The van der Waals surface area contributed by atoms with Gasteiger partial charge in [0.1, 0.15) is 16.3 Å². The summed E-state index contributed by atoms with van der Waals surface area (Å²) in [6, 6.07) is 0. The van der Waals surface area contributed by atoms with Gasteiger partial charge in [0.05, 0.1) is 11.1 Å². The number of rotatable bonds is 2.